The number of phenols is 1. The minimum Gasteiger partial charge on any atom is -0.507 e. The van der Waals surface area contributed by atoms with Gasteiger partial charge < -0.3 is 10.4 Å². The standard InChI is InChI=1S/C12H12ClN3O3/c1-2-5-14-11(18)12(19)16-15-7-8-6-9(13)3-4-10(8)17/h2-4,6-7,17H,1,5H2,(H,14,18)(H,16,19)/b15-7-. The summed E-state index contributed by atoms with van der Waals surface area (Å²) in [5, 5.41) is 15.7. The minimum absolute atomic E-state index is 0.0430. The van der Waals surface area contributed by atoms with E-state index in [1.807, 2.05) is 5.43 Å². The highest BCUT2D eigenvalue weighted by molar-refractivity contribution is 6.35. The number of hydrogen-bond donors (Lipinski definition) is 3. The molecular weight excluding hydrogens is 270 g/mol. The zero-order chi connectivity index (χ0) is 14.3. The maximum Gasteiger partial charge on any atom is 0.329 e. The molecule has 7 heteroatoms. The highest BCUT2D eigenvalue weighted by Crippen LogP contribution is 2.19. The number of benzene rings is 1. The Balaban J connectivity index is 2.58. The smallest absolute Gasteiger partial charge is 0.329 e. The first-order valence-electron chi connectivity index (χ1n) is 5.25. The number of nitrogens with one attached hydrogen (secondary N) is 2. The Labute approximate surface area is 114 Å². The molecule has 0 saturated heterocycles. The molecule has 1 aromatic carbocycles. The van der Waals surface area contributed by atoms with Gasteiger partial charge >= 0.3 is 11.8 Å². The molecule has 1 aromatic rings. The Kier molecular flexibility index (Phi) is 5.56. The van der Waals surface area contributed by atoms with E-state index >= 15 is 0 Å². The van der Waals surface area contributed by atoms with Crippen LogP contribution in [0.25, 0.3) is 0 Å². The second kappa shape index (κ2) is 7.17. The Hall–Kier alpha value is -2.34. The van der Waals surface area contributed by atoms with Gasteiger partial charge in [0.05, 0.1) is 6.21 Å². The van der Waals surface area contributed by atoms with Gasteiger partial charge in [-0.3, -0.25) is 9.59 Å². The number of amides is 2. The summed E-state index contributed by atoms with van der Waals surface area (Å²) in [4.78, 5) is 22.4. The first kappa shape index (κ1) is 14.7. The van der Waals surface area contributed by atoms with E-state index < -0.39 is 11.8 Å². The van der Waals surface area contributed by atoms with Gasteiger partial charge in [0.1, 0.15) is 5.75 Å². The minimum atomic E-state index is -0.917. The predicted molar refractivity (Wildman–Crippen MR) is 72.1 cm³/mol. The zero-order valence-electron chi connectivity index (χ0n) is 9.89. The van der Waals surface area contributed by atoms with E-state index in [1.54, 1.807) is 0 Å². The number of phenolic OH excluding ortho intramolecular Hbond substituents is 1. The van der Waals surface area contributed by atoms with Gasteiger partial charge in [0.15, 0.2) is 0 Å². The Morgan fingerprint density at radius 3 is 2.84 bits per heavy atom. The van der Waals surface area contributed by atoms with Crippen molar-refractivity contribution in [3.05, 3.63) is 41.4 Å². The summed E-state index contributed by atoms with van der Waals surface area (Å²) < 4.78 is 0. The van der Waals surface area contributed by atoms with Crippen LogP contribution in [0.15, 0.2) is 36.0 Å². The van der Waals surface area contributed by atoms with Gasteiger partial charge in [-0.15, -0.1) is 6.58 Å². The lowest BCUT2D eigenvalue weighted by molar-refractivity contribution is -0.139. The third-order valence-corrected chi connectivity index (χ3v) is 2.21. The van der Waals surface area contributed by atoms with E-state index in [1.165, 1.54) is 30.5 Å². The summed E-state index contributed by atoms with van der Waals surface area (Å²) >= 11 is 5.73. The molecule has 3 N–H and O–H groups in total. The second-order valence-electron chi connectivity index (χ2n) is 3.40. The quantitative estimate of drug-likeness (QED) is 0.330. The second-order valence-corrected chi connectivity index (χ2v) is 3.84. The van der Waals surface area contributed by atoms with Gasteiger partial charge in [-0.2, -0.15) is 5.10 Å². The van der Waals surface area contributed by atoms with Crippen molar-refractivity contribution in [2.75, 3.05) is 6.54 Å². The van der Waals surface area contributed by atoms with Crippen LogP contribution >= 0.6 is 11.6 Å². The van der Waals surface area contributed by atoms with E-state index in [-0.39, 0.29) is 12.3 Å². The van der Waals surface area contributed by atoms with E-state index in [0.717, 1.165) is 0 Å². The maximum atomic E-state index is 11.2. The third kappa shape index (κ3) is 4.81. The third-order valence-electron chi connectivity index (χ3n) is 1.97. The molecule has 2 amide bonds. The van der Waals surface area contributed by atoms with Gasteiger partial charge in [-0.25, -0.2) is 5.43 Å². The molecule has 0 atom stereocenters. The van der Waals surface area contributed by atoms with Crippen LogP contribution < -0.4 is 10.7 Å². The van der Waals surface area contributed by atoms with E-state index in [0.29, 0.717) is 10.6 Å². The largest absolute Gasteiger partial charge is 0.507 e. The number of nitrogens with zero attached hydrogens (tertiary/aromatic N) is 1. The van der Waals surface area contributed by atoms with Crippen molar-refractivity contribution < 1.29 is 14.7 Å². The van der Waals surface area contributed by atoms with Crippen molar-refractivity contribution in [3.63, 3.8) is 0 Å². The van der Waals surface area contributed by atoms with Gasteiger partial charge in [0.25, 0.3) is 0 Å². The van der Waals surface area contributed by atoms with Crippen LogP contribution in [0, 0.1) is 0 Å². The fraction of sp³-hybridized carbons (Fsp3) is 0.0833. The molecule has 0 saturated carbocycles. The fourth-order valence-electron chi connectivity index (χ4n) is 1.09. The first-order chi connectivity index (χ1) is 9.04. The van der Waals surface area contributed by atoms with E-state index in [2.05, 4.69) is 17.0 Å². The number of halogens is 1. The maximum absolute atomic E-state index is 11.2. The average Bonchev–Trinajstić information content (AvgIpc) is 2.39. The molecule has 100 valence electrons. The average molecular weight is 282 g/mol. The first-order valence-corrected chi connectivity index (χ1v) is 5.63. The van der Waals surface area contributed by atoms with E-state index in [9.17, 15) is 14.7 Å². The number of hydrazone groups is 1. The van der Waals surface area contributed by atoms with Gasteiger partial charge in [0, 0.05) is 17.1 Å². The van der Waals surface area contributed by atoms with Crippen molar-refractivity contribution in [3.8, 4) is 5.75 Å². The number of rotatable bonds is 4. The van der Waals surface area contributed by atoms with Crippen molar-refractivity contribution >= 4 is 29.6 Å². The summed E-state index contributed by atoms with van der Waals surface area (Å²) in [6.45, 7) is 3.58. The molecule has 0 spiro atoms. The van der Waals surface area contributed by atoms with Gasteiger partial charge in [-0.05, 0) is 18.2 Å². The van der Waals surface area contributed by atoms with Crippen LogP contribution in [-0.4, -0.2) is 29.7 Å². The normalized spacial score (nSPS) is 10.2. The van der Waals surface area contributed by atoms with Crippen molar-refractivity contribution in [2.24, 2.45) is 5.10 Å². The number of aromatic hydroxyl groups is 1. The Morgan fingerprint density at radius 1 is 1.42 bits per heavy atom. The molecule has 0 aliphatic carbocycles. The highest BCUT2D eigenvalue weighted by Gasteiger charge is 2.10. The lowest BCUT2D eigenvalue weighted by Gasteiger charge is -2.01. The van der Waals surface area contributed by atoms with Crippen LogP contribution in [0.3, 0.4) is 0 Å². The molecule has 0 heterocycles. The number of carbonyl (C=O) groups is 2. The number of carbonyl (C=O) groups excluding carboxylic acids is 2. The molecule has 6 nitrogen and oxygen atoms in total. The summed E-state index contributed by atoms with van der Waals surface area (Å²) in [5.41, 5.74) is 2.34. The van der Waals surface area contributed by atoms with Crippen LogP contribution in [0.4, 0.5) is 0 Å². The highest BCUT2D eigenvalue weighted by atomic mass is 35.5. The molecule has 0 aliphatic heterocycles. The molecule has 19 heavy (non-hydrogen) atoms. The Bertz CT molecular complexity index is 529. The SMILES string of the molecule is C=CCNC(=O)C(=O)N/N=C\c1cc(Cl)ccc1O. The monoisotopic (exact) mass is 281 g/mol. The molecule has 0 aliphatic rings. The molecule has 0 unspecified atom stereocenters. The van der Waals surface area contributed by atoms with Crippen molar-refractivity contribution in [2.45, 2.75) is 0 Å². The fourth-order valence-corrected chi connectivity index (χ4v) is 1.27. The van der Waals surface area contributed by atoms with Crippen LogP contribution in [0.5, 0.6) is 5.75 Å². The van der Waals surface area contributed by atoms with E-state index in [4.69, 9.17) is 11.6 Å². The summed E-state index contributed by atoms with van der Waals surface area (Å²) in [6, 6.07) is 4.36. The van der Waals surface area contributed by atoms with Crippen LogP contribution in [0.1, 0.15) is 5.56 Å². The lowest BCUT2D eigenvalue weighted by Crippen LogP contribution is -2.37. The summed E-state index contributed by atoms with van der Waals surface area (Å²) in [6.07, 6.45) is 2.62. The topological polar surface area (TPSA) is 90.8 Å². The summed E-state index contributed by atoms with van der Waals surface area (Å²) in [5.74, 6) is -1.79. The molecule has 0 fully saturated rings. The molecule has 0 bridgehead atoms. The van der Waals surface area contributed by atoms with Crippen molar-refractivity contribution in [1.29, 1.82) is 0 Å². The Morgan fingerprint density at radius 2 is 2.16 bits per heavy atom. The molecule has 0 radical (unpaired) electrons. The predicted octanol–water partition coefficient (Wildman–Crippen LogP) is 0.798. The summed E-state index contributed by atoms with van der Waals surface area (Å²) in [7, 11) is 0. The lowest BCUT2D eigenvalue weighted by atomic mass is 10.2. The number of hydrogen-bond acceptors (Lipinski definition) is 4. The van der Waals surface area contributed by atoms with Gasteiger partial charge in [0.2, 0.25) is 0 Å². The van der Waals surface area contributed by atoms with Crippen molar-refractivity contribution in [1.82, 2.24) is 10.7 Å². The molecule has 1 rings (SSSR count). The van der Waals surface area contributed by atoms with Gasteiger partial charge in [-0.1, -0.05) is 17.7 Å². The zero-order valence-corrected chi connectivity index (χ0v) is 10.6. The van der Waals surface area contributed by atoms with Crippen LogP contribution in [0.2, 0.25) is 5.02 Å². The molecular formula is C12H12ClN3O3. The van der Waals surface area contributed by atoms with Crippen LogP contribution in [-0.2, 0) is 9.59 Å². The molecule has 0 aromatic heterocycles.